The van der Waals surface area contributed by atoms with Crippen LogP contribution in [0.5, 0.6) is 0 Å². The van der Waals surface area contributed by atoms with Crippen LogP contribution in [0.3, 0.4) is 0 Å². The third-order valence-electron chi connectivity index (χ3n) is 2.34. The largest absolute Gasteiger partial charge is 0.308 e. The maximum absolute atomic E-state index is 12.7. The first-order valence-electron chi connectivity index (χ1n) is 5.64. The van der Waals surface area contributed by atoms with E-state index in [1.165, 1.54) is 12.3 Å². The molecule has 0 saturated heterocycles. The number of nitrogens with zero attached hydrogens (tertiary/aromatic N) is 1. The molecular weight excluding hydrogens is 235 g/mol. The zero-order valence-electron chi connectivity index (χ0n) is 9.95. The van der Waals surface area contributed by atoms with Gasteiger partial charge in [-0.25, -0.2) is 4.39 Å². The Morgan fingerprint density at radius 1 is 1.59 bits per heavy atom. The van der Waals surface area contributed by atoms with Gasteiger partial charge in [0.15, 0.2) is 0 Å². The Morgan fingerprint density at radius 3 is 3.00 bits per heavy atom. The Labute approximate surface area is 106 Å². The number of terminal acetylenes is 1. The normalized spacial score (nSPS) is 12.1. The molecule has 92 valence electrons. The molecule has 17 heavy (non-hydrogen) atoms. The van der Waals surface area contributed by atoms with Gasteiger partial charge in [0.1, 0.15) is 5.82 Å². The highest BCUT2D eigenvalue weighted by Crippen LogP contribution is 2.14. The zero-order chi connectivity index (χ0) is 12.5. The quantitative estimate of drug-likeness (QED) is 0.596. The van der Waals surface area contributed by atoms with E-state index < -0.39 is 0 Å². The van der Waals surface area contributed by atoms with E-state index in [-0.39, 0.29) is 11.9 Å². The van der Waals surface area contributed by atoms with Gasteiger partial charge in [-0.2, -0.15) is 0 Å². The van der Waals surface area contributed by atoms with Crippen LogP contribution in [0.25, 0.3) is 0 Å². The number of pyridine rings is 1. The number of aromatic nitrogens is 1. The third kappa shape index (κ3) is 5.20. The average molecular weight is 252 g/mol. The second-order valence-electron chi connectivity index (χ2n) is 3.57. The number of hydrogen-bond donors (Lipinski definition) is 1. The molecule has 0 saturated carbocycles. The zero-order valence-corrected chi connectivity index (χ0v) is 10.8. The summed E-state index contributed by atoms with van der Waals surface area (Å²) in [6, 6.07) is 3.35. The van der Waals surface area contributed by atoms with Crippen molar-refractivity contribution in [1.29, 1.82) is 0 Å². The van der Waals surface area contributed by atoms with E-state index >= 15 is 0 Å². The molecule has 1 atom stereocenters. The molecule has 2 nitrogen and oxygen atoms in total. The lowest BCUT2D eigenvalue weighted by Gasteiger charge is -2.16. The van der Waals surface area contributed by atoms with Crippen molar-refractivity contribution in [2.75, 3.05) is 18.1 Å². The van der Waals surface area contributed by atoms with Gasteiger partial charge in [-0.3, -0.25) is 4.98 Å². The number of thioether (sulfide) groups is 1. The molecule has 1 N–H and O–H groups in total. The number of rotatable bonds is 7. The number of nitrogens with one attached hydrogen (secondary N) is 1. The summed E-state index contributed by atoms with van der Waals surface area (Å²) in [5.41, 5.74) is 0.885. The van der Waals surface area contributed by atoms with Gasteiger partial charge < -0.3 is 5.32 Å². The highest BCUT2D eigenvalue weighted by atomic mass is 32.2. The topological polar surface area (TPSA) is 24.9 Å². The highest BCUT2D eigenvalue weighted by molar-refractivity contribution is 7.99. The van der Waals surface area contributed by atoms with Gasteiger partial charge in [-0.15, -0.1) is 18.2 Å². The third-order valence-corrected chi connectivity index (χ3v) is 3.20. The minimum absolute atomic E-state index is 0.182. The van der Waals surface area contributed by atoms with E-state index in [0.29, 0.717) is 0 Å². The van der Waals surface area contributed by atoms with Crippen LogP contribution in [-0.4, -0.2) is 23.0 Å². The van der Waals surface area contributed by atoms with Crippen LogP contribution >= 0.6 is 11.8 Å². The van der Waals surface area contributed by atoms with Crippen molar-refractivity contribution in [3.63, 3.8) is 0 Å². The van der Waals surface area contributed by atoms with Gasteiger partial charge in [0, 0.05) is 18.3 Å². The molecule has 0 amide bonds. The van der Waals surface area contributed by atoms with Crippen molar-refractivity contribution < 1.29 is 4.39 Å². The summed E-state index contributed by atoms with van der Waals surface area (Å²) in [7, 11) is 0. The van der Waals surface area contributed by atoms with Gasteiger partial charge in [-0.1, -0.05) is 12.8 Å². The summed E-state index contributed by atoms with van der Waals surface area (Å²) in [6.07, 6.45) is 7.35. The highest BCUT2D eigenvalue weighted by Gasteiger charge is 2.09. The van der Waals surface area contributed by atoms with E-state index in [2.05, 4.69) is 23.1 Å². The Kier molecular flexibility index (Phi) is 6.68. The second kappa shape index (κ2) is 8.10. The summed E-state index contributed by atoms with van der Waals surface area (Å²) in [4.78, 5) is 4.09. The molecule has 1 aromatic heterocycles. The molecule has 0 aliphatic heterocycles. The van der Waals surface area contributed by atoms with Crippen LogP contribution in [0.15, 0.2) is 18.3 Å². The predicted molar refractivity (Wildman–Crippen MR) is 71.4 cm³/mol. The Bertz CT molecular complexity index is 359. The van der Waals surface area contributed by atoms with Crippen molar-refractivity contribution in [2.45, 2.75) is 19.4 Å². The SMILES string of the molecule is C#CCSCCNC(CC)c1ccc(F)cn1. The molecule has 1 heterocycles. The molecule has 0 bridgehead atoms. The van der Waals surface area contributed by atoms with Crippen LogP contribution in [0, 0.1) is 18.2 Å². The maximum atomic E-state index is 12.7. The lowest BCUT2D eigenvalue weighted by atomic mass is 10.1. The first-order valence-corrected chi connectivity index (χ1v) is 6.79. The number of hydrogen-bond acceptors (Lipinski definition) is 3. The first kappa shape index (κ1) is 14.0. The molecule has 0 aromatic carbocycles. The van der Waals surface area contributed by atoms with Crippen molar-refractivity contribution in [1.82, 2.24) is 10.3 Å². The molecule has 1 rings (SSSR count). The monoisotopic (exact) mass is 252 g/mol. The molecule has 1 unspecified atom stereocenters. The molecule has 0 fully saturated rings. The average Bonchev–Trinajstić information content (AvgIpc) is 2.35. The molecule has 1 aromatic rings. The fourth-order valence-electron chi connectivity index (χ4n) is 1.49. The van der Waals surface area contributed by atoms with E-state index in [4.69, 9.17) is 6.42 Å². The molecule has 0 aliphatic carbocycles. The van der Waals surface area contributed by atoms with Crippen LogP contribution in [-0.2, 0) is 0 Å². The Balaban J connectivity index is 2.38. The molecule has 4 heteroatoms. The summed E-state index contributed by atoms with van der Waals surface area (Å²) in [5, 5.41) is 3.39. The van der Waals surface area contributed by atoms with E-state index in [1.807, 2.05) is 0 Å². The van der Waals surface area contributed by atoms with Crippen molar-refractivity contribution >= 4 is 11.8 Å². The molecule has 0 spiro atoms. The van der Waals surface area contributed by atoms with Gasteiger partial charge in [0.05, 0.1) is 17.6 Å². The van der Waals surface area contributed by atoms with E-state index in [9.17, 15) is 4.39 Å². The van der Waals surface area contributed by atoms with Crippen LogP contribution in [0.1, 0.15) is 25.1 Å². The van der Waals surface area contributed by atoms with Crippen molar-refractivity contribution in [2.24, 2.45) is 0 Å². The Morgan fingerprint density at radius 2 is 2.41 bits per heavy atom. The lowest BCUT2D eigenvalue weighted by Crippen LogP contribution is -2.24. The molecule has 0 radical (unpaired) electrons. The van der Waals surface area contributed by atoms with Gasteiger partial charge in [0.2, 0.25) is 0 Å². The fraction of sp³-hybridized carbons (Fsp3) is 0.462. The maximum Gasteiger partial charge on any atom is 0.141 e. The summed E-state index contributed by atoms with van der Waals surface area (Å²) < 4.78 is 12.7. The standard InChI is InChI=1S/C13H17FN2S/c1-3-8-17-9-7-15-12(4-2)13-6-5-11(14)10-16-13/h1,5-6,10,12,15H,4,7-9H2,2H3. The Hall–Kier alpha value is -1.05. The van der Waals surface area contributed by atoms with Gasteiger partial charge in [0.25, 0.3) is 0 Å². The summed E-state index contributed by atoms with van der Waals surface area (Å²) >= 11 is 1.72. The van der Waals surface area contributed by atoms with Crippen molar-refractivity contribution in [3.8, 4) is 12.3 Å². The molecule has 0 aliphatic rings. The van der Waals surface area contributed by atoms with Crippen LogP contribution < -0.4 is 5.32 Å². The smallest absolute Gasteiger partial charge is 0.141 e. The fourth-order valence-corrected chi connectivity index (χ4v) is 2.01. The predicted octanol–water partition coefficient (Wildman–Crippen LogP) is 2.63. The minimum Gasteiger partial charge on any atom is -0.308 e. The van der Waals surface area contributed by atoms with Gasteiger partial charge >= 0.3 is 0 Å². The van der Waals surface area contributed by atoms with Crippen LogP contribution in [0.2, 0.25) is 0 Å². The summed E-state index contributed by atoms with van der Waals surface area (Å²) in [5.74, 6) is 4.01. The van der Waals surface area contributed by atoms with Crippen LogP contribution in [0.4, 0.5) is 4.39 Å². The van der Waals surface area contributed by atoms with E-state index in [0.717, 1.165) is 30.2 Å². The lowest BCUT2D eigenvalue weighted by molar-refractivity contribution is 0.522. The molecular formula is C13H17FN2S. The minimum atomic E-state index is -0.298. The van der Waals surface area contributed by atoms with Crippen molar-refractivity contribution in [3.05, 3.63) is 29.8 Å². The van der Waals surface area contributed by atoms with E-state index in [1.54, 1.807) is 17.8 Å². The summed E-state index contributed by atoms with van der Waals surface area (Å²) in [6.45, 7) is 2.96. The number of halogens is 1. The second-order valence-corrected chi connectivity index (χ2v) is 4.68. The van der Waals surface area contributed by atoms with Gasteiger partial charge in [-0.05, 0) is 18.6 Å². The first-order chi connectivity index (χ1) is 8.27.